The number of aliphatic hydroxyl groups is 1. The van der Waals surface area contributed by atoms with E-state index in [1.165, 1.54) is 0 Å². The Balaban J connectivity index is 1.96. The summed E-state index contributed by atoms with van der Waals surface area (Å²) in [5.74, 6) is -0.0564. The summed E-state index contributed by atoms with van der Waals surface area (Å²) in [5, 5.41) is 14.5. The van der Waals surface area contributed by atoms with Crippen LogP contribution in [0.1, 0.15) is 11.6 Å². The van der Waals surface area contributed by atoms with E-state index in [0.29, 0.717) is 19.8 Å². The predicted molar refractivity (Wildman–Crippen MR) is 71.4 cm³/mol. The van der Waals surface area contributed by atoms with Crippen LogP contribution in [0.2, 0.25) is 0 Å². The third-order valence-electron chi connectivity index (χ3n) is 2.69. The largest absolute Gasteiger partial charge is 0.394 e. The normalized spacial score (nSPS) is 17.7. The van der Waals surface area contributed by atoms with Gasteiger partial charge in [-0.1, -0.05) is 22.0 Å². The standard InChI is InChI=1S/C12H15BrN2O3/c13-8-2-1-3-9-10(8)11(12(17)15-9)14-4-6-18-7-5-16/h1-3,11,14,16H,4-7H2,(H,15,17). The molecule has 0 aromatic heterocycles. The van der Waals surface area contributed by atoms with Crippen molar-refractivity contribution in [3.8, 4) is 0 Å². The van der Waals surface area contributed by atoms with E-state index in [-0.39, 0.29) is 18.6 Å². The lowest BCUT2D eigenvalue weighted by Crippen LogP contribution is -2.30. The Kier molecular flexibility index (Phi) is 4.71. The predicted octanol–water partition coefficient (Wildman–Crippen LogP) is 1.04. The van der Waals surface area contributed by atoms with E-state index in [2.05, 4.69) is 26.6 Å². The summed E-state index contributed by atoms with van der Waals surface area (Å²) in [7, 11) is 0. The van der Waals surface area contributed by atoms with Crippen LogP contribution in [0.5, 0.6) is 0 Å². The van der Waals surface area contributed by atoms with Gasteiger partial charge in [0.25, 0.3) is 0 Å². The Hall–Kier alpha value is -0.950. The molecule has 1 heterocycles. The fraction of sp³-hybridized carbons (Fsp3) is 0.417. The highest BCUT2D eigenvalue weighted by Gasteiger charge is 2.31. The SMILES string of the molecule is O=C1Nc2cccc(Br)c2C1NCCOCCO. The van der Waals surface area contributed by atoms with Gasteiger partial charge in [-0.05, 0) is 12.1 Å². The summed E-state index contributed by atoms with van der Waals surface area (Å²) < 4.78 is 6.05. The molecule has 5 nitrogen and oxygen atoms in total. The van der Waals surface area contributed by atoms with Crippen LogP contribution in [0.4, 0.5) is 5.69 Å². The zero-order valence-corrected chi connectivity index (χ0v) is 11.4. The molecule has 0 aliphatic carbocycles. The second-order valence-corrected chi connectivity index (χ2v) is 4.77. The third-order valence-corrected chi connectivity index (χ3v) is 3.38. The Morgan fingerprint density at radius 3 is 3.06 bits per heavy atom. The summed E-state index contributed by atoms with van der Waals surface area (Å²) in [6.45, 7) is 1.35. The molecule has 1 unspecified atom stereocenters. The van der Waals surface area contributed by atoms with Crippen LogP contribution in [-0.2, 0) is 9.53 Å². The van der Waals surface area contributed by atoms with Crippen molar-refractivity contribution in [1.29, 1.82) is 0 Å². The molecule has 1 atom stereocenters. The van der Waals surface area contributed by atoms with Gasteiger partial charge < -0.3 is 15.2 Å². The zero-order valence-electron chi connectivity index (χ0n) is 9.78. The third kappa shape index (κ3) is 2.89. The molecule has 2 rings (SSSR count). The van der Waals surface area contributed by atoms with Crippen molar-refractivity contribution in [2.75, 3.05) is 31.7 Å². The molecular formula is C12H15BrN2O3. The summed E-state index contributed by atoms with van der Waals surface area (Å²) >= 11 is 3.45. The number of carbonyl (C=O) groups excluding carboxylic acids is 1. The van der Waals surface area contributed by atoms with Gasteiger partial charge in [0, 0.05) is 22.3 Å². The maximum atomic E-state index is 11.8. The molecule has 1 aliphatic rings. The van der Waals surface area contributed by atoms with E-state index in [1.54, 1.807) is 0 Å². The van der Waals surface area contributed by atoms with Crippen molar-refractivity contribution in [2.24, 2.45) is 0 Å². The average molecular weight is 315 g/mol. The first-order valence-electron chi connectivity index (χ1n) is 5.75. The van der Waals surface area contributed by atoms with Gasteiger partial charge in [-0.2, -0.15) is 0 Å². The molecule has 3 N–H and O–H groups in total. The second kappa shape index (κ2) is 6.29. The van der Waals surface area contributed by atoms with Crippen molar-refractivity contribution in [3.63, 3.8) is 0 Å². The van der Waals surface area contributed by atoms with Gasteiger partial charge in [-0.3, -0.25) is 10.1 Å². The zero-order chi connectivity index (χ0) is 13.0. The number of hydrogen-bond acceptors (Lipinski definition) is 4. The lowest BCUT2D eigenvalue weighted by atomic mass is 10.1. The molecule has 0 fully saturated rings. The number of benzene rings is 1. The quantitative estimate of drug-likeness (QED) is 0.686. The number of aliphatic hydroxyl groups excluding tert-OH is 1. The van der Waals surface area contributed by atoms with Gasteiger partial charge >= 0.3 is 0 Å². The summed E-state index contributed by atoms with van der Waals surface area (Å²) in [4.78, 5) is 11.8. The molecule has 0 saturated heterocycles. The van der Waals surface area contributed by atoms with Crippen LogP contribution in [-0.4, -0.2) is 37.4 Å². The number of nitrogens with one attached hydrogen (secondary N) is 2. The lowest BCUT2D eigenvalue weighted by Gasteiger charge is -2.12. The van der Waals surface area contributed by atoms with E-state index in [0.717, 1.165) is 15.7 Å². The second-order valence-electron chi connectivity index (χ2n) is 3.91. The van der Waals surface area contributed by atoms with Crippen molar-refractivity contribution in [3.05, 3.63) is 28.2 Å². The van der Waals surface area contributed by atoms with Gasteiger partial charge in [-0.25, -0.2) is 0 Å². The van der Waals surface area contributed by atoms with E-state index < -0.39 is 0 Å². The Morgan fingerprint density at radius 2 is 2.28 bits per heavy atom. The Labute approximate surface area is 114 Å². The van der Waals surface area contributed by atoms with Gasteiger partial charge in [0.15, 0.2) is 0 Å². The van der Waals surface area contributed by atoms with Crippen molar-refractivity contribution in [1.82, 2.24) is 5.32 Å². The number of anilines is 1. The molecule has 18 heavy (non-hydrogen) atoms. The van der Waals surface area contributed by atoms with Crippen LogP contribution >= 0.6 is 15.9 Å². The fourth-order valence-corrected chi connectivity index (χ4v) is 2.51. The monoisotopic (exact) mass is 314 g/mol. The fourth-order valence-electron chi connectivity index (χ4n) is 1.91. The molecule has 0 spiro atoms. The number of hydrogen-bond donors (Lipinski definition) is 3. The van der Waals surface area contributed by atoms with E-state index >= 15 is 0 Å². The van der Waals surface area contributed by atoms with Gasteiger partial charge in [0.2, 0.25) is 5.91 Å². The topological polar surface area (TPSA) is 70.6 Å². The maximum absolute atomic E-state index is 11.8. The van der Waals surface area contributed by atoms with Crippen LogP contribution in [0, 0.1) is 0 Å². The molecular weight excluding hydrogens is 300 g/mol. The highest BCUT2D eigenvalue weighted by Crippen LogP contribution is 2.36. The molecule has 1 aliphatic heterocycles. The summed E-state index contributed by atoms with van der Waals surface area (Å²) in [5.41, 5.74) is 1.77. The minimum Gasteiger partial charge on any atom is -0.394 e. The first-order chi connectivity index (χ1) is 8.74. The average Bonchev–Trinajstić information content (AvgIpc) is 2.67. The van der Waals surface area contributed by atoms with Crippen molar-refractivity contribution >= 4 is 27.5 Å². The highest BCUT2D eigenvalue weighted by atomic mass is 79.9. The van der Waals surface area contributed by atoms with Gasteiger partial charge in [-0.15, -0.1) is 0 Å². The summed E-state index contributed by atoms with van der Waals surface area (Å²) in [6, 6.07) is 5.32. The Bertz CT molecular complexity index is 439. The van der Waals surface area contributed by atoms with Crippen LogP contribution in [0.15, 0.2) is 22.7 Å². The molecule has 98 valence electrons. The molecule has 0 saturated carbocycles. The van der Waals surface area contributed by atoms with Crippen LogP contribution in [0.25, 0.3) is 0 Å². The smallest absolute Gasteiger partial charge is 0.246 e. The highest BCUT2D eigenvalue weighted by molar-refractivity contribution is 9.10. The Morgan fingerprint density at radius 1 is 1.44 bits per heavy atom. The van der Waals surface area contributed by atoms with E-state index in [4.69, 9.17) is 9.84 Å². The molecule has 1 aromatic carbocycles. The van der Waals surface area contributed by atoms with Crippen LogP contribution < -0.4 is 10.6 Å². The summed E-state index contributed by atoms with van der Waals surface area (Å²) in [6.07, 6.45) is 0. The molecule has 1 aromatic rings. The number of rotatable bonds is 6. The molecule has 6 heteroatoms. The first-order valence-corrected chi connectivity index (χ1v) is 6.54. The van der Waals surface area contributed by atoms with Crippen LogP contribution in [0.3, 0.4) is 0 Å². The minimum atomic E-state index is -0.353. The maximum Gasteiger partial charge on any atom is 0.246 e. The minimum absolute atomic E-state index is 0.0122. The molecule has 0 bridgehead atoms. The van der Waals surface area contributed by atoms with Gasteiger partial charge in [0.1, 0.15) is 6.04 Å². The van der Waals surface area contributed by atoms with E-state index in [9.17, 15) is 4.79 Å². The van der Waals surface area contributed by atoms with Crippen molar-refractivity contribution in [2.45, 2.75) is 6.04 Å². The molecule has 1 amide bonds. The lowest BCUT2D eigenvalue weighted by molar-refractivity contribution is -0.117. The number of carbonyl (C=O) groups is 1. The first kappa shape index (κ1) is 13.5. The molecule has 0 radical (unpaired) electrons. The van der Waals surface area contributed by atoms with E-state index in [1.807, 2.05) is 18.2 Å². The van der Waals surface area contributed by atoms with Gasteiger partial charge in [0.05, 0.1) is 19.8 Å². The number of halogens is 1. The number of amides is 1. The van der Waals surface area contributed by atoms with Crippen molar-refractivity contribution < 1.29 is 14.6 Å². The number of ether oxygens (including phenoxy) is 1. The number of fused-ring (bicyclic) bond motifs is 1.